The Morgan fingerprint density at radius 3 is 2.33 bits per heavy atom. The molecule has 0 spiro atoms. The highest BCUT2D eigenvalue weighted by molar-refractivity contribution is 7.15. The van der Waals surface area contributed by atoms with Crippen molar-refractivity contribution in [2.45, 2.75) is 0 Å². The minimum atomic E-state index is 0.869. The Morgan fingerprint density at radius 2 is 1.57 bits per heavy atom. The summed E-state index contributed by atoms with van der Waals surface area (Å²) in [5.74, 6) is 0. The number of fused-ring (bicyclic) bond motifs is 2. The second-order valence-corrected chi connectivity index (χ2v) is 5.69. The SMILES string of the molecule is Cn1c(=Nc2ccccc2)sc2nc3ccccc3nc21. The largest absolute Gasteiger partial charge is 0.303 e. The smallest absolute Gasteiger partial charge is 0.193 e. The van der Waals surface area contributed by atoms with Crippen molar-refractivity contribution in [3.63, 3.8) is 0 Å². The number of nitrogens with zero attached hydrogens (tertiary/aromatic N) is 4. The van der Waals surface area contributed by atoms with Crippen LogP contribution in [0, 0.1) is 0 Å². The molecule has 2 aromatic heterocycles. The van der Waals surface area contributed by atoms with Gasteiger partial charge in [0, 0.05) is 7.05 Å². The molecule has 0 radical (unpaired) electrons. The number of benzene rings is 2. The van der Waals surface area contributed by atoms with Crippen molar-refractivity contribution in [1.29, 1.82) is 0 Å². The molecule has 0 aliphatic heterocycles. The average molecular weight is 292 g/mol. The molecule has 0 atom stereocenters. The van der Waals surface area contributed by atoms with Gasteiger partial charge in [0.05, 0.1) is 16.7 Å². The summed E-state index contributed by atoms with van der Waals surface area (Å²) in [6, 6.07) is 17.8. The van der Waals surface area contributed by atoms with Crippen molar-refractivity contribution in [3.8, 4) is 0 Å². The van der Waals surface area contributed by atoms with E-state index in [0.29, 0.717) is 0 Å². The summed E-state index contributed by atoms with van der Waals surface area (Å²) in [7, 11) is 1.98. The lowest BCUT2D eigenvalue weighted by Gasteiger charge is -1.97. The van der Waals surface area contributed by atoms with Crippen molar-refractivity contribution in [3.05, 3.63) is 59.4 Å². The molecule has 2 heterocycles. The Labute approximate surface area is 125 Å². The van der Waals surface area contributed by atoms with E-state index in [4.69, 9.17) is 4.98 Å². The third kappa shape index (κ3) is 2.11. The number of hydrogen-bond donors (Lipinski definition) is 0. The zero-order valence-corrected chi connectivity index (χ0v) is 12.2. The number of para-hydroxylation sites is 3. The van der Waals surface area contributed by atoms with Gasteiger partial charge < -0.3 is 4.57 Å². The summed E-state index contributed by atoms with van der Waals surface area (Å²) in [5, 5.41) is 0. The van der Waals surface area contributed by atoms with E-state index in [1.165, 1.54) is 0 Å². The van der Waals surface area contributed by atoms with Gasteiger partial charge in [-0.25, -0.2) is 15.0 Å². The summed E-state index contributed by atoms with van der Waals surface area (Å²) in [5.41, 5.74) is 3.63. The van der Waals surface area contributed by atoms with E-state index in [-0.39, 0.29) is 0 Å². The number of aromatic nitrogens is 3. The molecule has 4 aromatic rings. The van der Waals surface area contributed by atoms with Gasteiger partial charge in [0.2, 0.25) is 0 Å². The molecule has 21 heavy (non-hydrogen) atoms. The Hall–Kier alpha value is -2.53. The number of rotatable bonds is 1. The van der Waals surface area contributed by atoms with E-state index in [2.05, 4.69) is 9.98 Å². The zero-order valence-electron chi connectivity index (χ0n) is 11.4. The van der Waals surface area contributed by atoms with Crippen LogP contribution in [-0.2, 0) is 7.05 Å². The van der Waals surface area contributed by atoms with E-state index in [9.17, 15) is 0 Å². The molecule has 2 aromatic carbocycles. The Balaban J connectivity index is 2.01. The molecule has 5 heteroatoms. The van der Waals surface area contributed by atoms with Crippen LogP contribution in [-0.4, -0.2) is 14.5 Å². The lowest BCUT2D eigenvalue weighted by Crippen LogP contribution is -2.09. The van der Waals surface area contributed by atoms with Crippen LogP contribution in [0.5, 0.6) is 0 Å². The Kier molecular flexibility index (Phi) is 2.79. The van der Waals surface area contributed by atoms with Gasteiger partial charge in [-0.2, -0.15) is 0 Å². The molecule has 4 nitrogen and oxygen atoms in total. The molecule has 0 aliphatic carbocycles. The molecule has 0 aliphatic rings. The van der Waals surface area contributed by atoms with Crippen molar-refractivity contribution >= 4 is 38.5 Å². The third-order valence-corrected chi connectivity index (χ3v) is 4.31. The van der Waals surface area contributed by atoms with E-state index >= 15 is 0 Å². The summed E-state index contributed by atoms with van der Waals surface area (Å²) in [6.07, 6.45) is 0. The molecule has 0 saturated carbocycles. The standard InChI is InChI=1S/C16H12N4S/c1-20-14-15(19-13-10-6-5-9-12(13)18-14)21-16(20)17-11-7-3-2-4-8-11/h2-10H,1H3. The molecule has 0 saturated heterocycles. The molecule has 0 bridgehead atoms. The van der Waals surface area contributed by atoms with Crippen LogP contribution in [0.15, 0.2) is 59.6 Å². The highest BCUT2D eigenvalue weighted by Crippen LogP contribution is 2.18. The van der Waals surface area contributed by atoms with E-state index < -0.39 is 0 Å². The van der Waals surface area contributed by atoms with Gasteiger partial charge >= 0.3 is 0 Å². The maximum atomic E-state index is 4.69. The van der Waals surface area contributed by atoms with E-state index in [0.717, 1.165) is 32.0 Å². The number of hydrogen-bond acceptors (Lipinski definition) is 4. The normalized spacial score (nSPS) is 12.3. The lowest BCUT2D eigenvalue weighted by atomic mass is 10.3. The average Bonchev–Trinajstić information content (AvgIpc) is 2.82. The van der Waals surface area contributed by atoms with Gasteiger partial charge in [0.15, 0.2) is 15.3 Å². The van der Waals surface area contributed by atoms with Crippen LogP contribution in [0.2, 0.25) is 0 Å². The van der Waals surface area contributed by atoms with Crippen LogP contribution in [0.1, 0.15) is 0 Å². The molecule has 0 fully saturated rings. The van der Waals surface area contributed by atoms with Gasteiger partial charge in [0.1, 0.15) is 0 Å². The lowest BCUT2D eigenvalue weighted by molar-refractivity contribution is 0.897. The third-order valence-electron chi connectivity index (χ3n) is 3.29. The number of thiazole rings is 1. The van der Waals surface area contributed by atoms with Gasteiger partial charge in [-0.05, 0) is 24.3 Å². The Morgan fingerprint density at radius 1 is 0.905 bits per heavy atom. The first-order valence-corrected chi connectivity index (χ1v) is 7.45. The zero-order chi connectivity index (χ0) is 14.2. The van der Waals surface area contributed by atoms with Gasteiger partial charge in [-0.1, -0.05) is 41.7 Å². The maximum Gasteiger partial charge on any atom is 0.193 e. The van der Waals surface area contributed by atoms with Crippen molar-refractivity contribution in [2.75, 3.05) is 0 Å². The van der Waals surface area contributed by atoms with Crippen LogP contribution in [0.4, 0.5) is 5.69 Å². The van der Waals surface area contributed by atoms with Gasteiger partial charge in [-0.15, -0.1) is 0 Å². The fraction of sp³-hybridized carbons (Fsp3) is 0.0625. The molecule has 0 amide bonds. The first kappa shape index (κ1) is 12.2. The molecule has 4 rings (SSSR count). The minimum Gasteiger partial charge on any atom is -0.303 e. The van der Waals surface area contributed by atoms with Crippen LogP contribution >= 0.6 is 11.3 Å². The quantitative estimate of drug-likeness (QED) is 0.539. The highest BCUT2D eigenvalue weighted by atomic mass is 32.1. The highest BCUT2D eigenvalue weighted by Gasteiger charge is 2.07. The predicted molar refractivity (Wildman–Crippen MR) is 85.6 cm³/mol. The molecule has 102 valence electrons. The Bertz CT molecular complexity index is 999. The number of aryl methyl sites for hydroxylation is 1. The molecular formula is C16H12N4S. The fourth-order valence-electron chi connectivity index (χ4n) is 2.22. The van der Waals surface area contributed by atoms with Gasteiger partial charge in [0.25, 0.3) is 0 Å². The first-order chi connectivity index (χ1) is 10.3. The molecule has 0 N–H and O–H groups in total. The predicted octanol–water partition coefficient (Wildman–Crippen LogP) is 3.42. The minimum absolute atomic E-state index is 0.869. The second-order valence-electron chi connectivity index (χ2n) is 4.73. The van der Waals surface area contributed by atoms with Crippen molar-refractivity contribution < 1.29 is 0 Å². The molecule has 0 unspecified atom stereocenters. The van der Waals surface area contributed by atoms with Crippen LogP contribution in [0.25, 0.3) is 21.5 Å². The van der Waals surface area contributed by atoms with Crippen LogP contribution < -0.4 is 4.80 Å². The van der Waals surface area contributed by atoms with Gasteiger partial charge in [-0.3, -0.25) is 0 Å². The molecular weight excluding hydrogens is 280 g/mol. The monoisotopic (exact) mass is 292 g/mol. The topological polar surface area (TPSA) is 43.1 Å². The maximum absolute atomic E-state index is 4.69. The van der Waals surface area contributed by atoms with Crippen LogP contribution in [0.3, 0.4) is 0 Å². The summed E-state index contributed by atoms with van der Waals surface area (Å²) < 4.78 is 1.99. The first-order valence-electron chi connectivity index (χ1n) is 6.63. The van der Waals surface area contributed by atoms with Crippen molar-refractivity contribution in [1.82, 2.24) is 14.5 Å². The summed E-state index contributed by atoms with van der Waals surface area (Å²) in [4.78, 5) is 15.8. The van der Waals surface area contributed by atoms with E-state index in [1.54, 1.807) is 11.3 Å². The second kappa shape index (κ2) is 4.79. The fourth-order valence-corrected chi connectivity index (χ4v) is 3.18. The summed E-state index contributed by atoms with van der Waals surface area (Å²) in [6.45, 7) is 0. The van der Waals surface area contributed by atoms with Crippen molar-refractivity contribution in [2.24, 2.45) is 12.0 Å². The summed E-state index contributed by atoms with van der Waals surface area (Å²) >= 11 is 1.56. The van der Waals surface area contributed by atoms with E-state index in [1.807, 2.05) is 66.2 Å².